The largest absolute Gasteiger partial charge is 0.768 e. The summed E-state index contributed by atoms with van der Waals surface area (Å²) in [5.41, 5.74) is 0.0849. The van der Waals surface area contributed by atoms with Gasteiger partial charge in [0.1, 0.15) is 11.3 Å². The van der Waals surface area contributed by atoms with Gasteiger partial charge in [0, 0.05) is 4.90 Å². The molecular formula is C9H9O5S-. The first-order valence-electron chi connectivity index (χ1n) is 3.95. The molecule has 0 fully saturated rings. The Morgan fingerprint density at radius 3 is 2.53 bits per heavy atom. The topological polar surface area (TPSA) is 75.7 Å². The smallest absolute Gasteiger partial charge is 0.341 e. The summed E-state index contributed by atoms with van der Waals surface area (Å²) < 4.78 is 30.7. The van der Waals surface area contributed by atoms with Gasteiger partial charge in [-0.25, -0.2) is 4.79 Å². The lowest BCUT2D eigenvalue weighted by Crippen LogP contribution is -2.05. The molecule has 0 N–H and O–H groups in total. The van der Waals surface area contributed by atoms with Gasteiger partial charge in [0.05, 0.1) is 14.2 Å². The summed E-state index contributed by atoms with van der Waals surface area (Å²) in [6.45, 7) is 0. The predicted octanol–water partition coefficient (Wildman–Crippen LogP) is 0.720. The van der Waals surface area contributed by atoms with Crippen molar-refractivity contribution in [3.8, 4) is 5.75 Å². The predicted molar refractivity (Wildman–Crippen MR) is 51.5 cm³/mol. The minimum absolute atomic E-state index is 0.0104. The molecule has 0 saturated carbocycles. The minimum atomic E-state index is -2.38. The van der Waals surface area contributed by atoms with Crippen molar-refractivity contribution in [2.75, 3.05) is 14.2 Å². The van der Waals surface area contributed by atoms with Crippen LogP contribution < -0.4 is 4.74 Å². The van der Waals surface area contributed by atoms with Crippen molar-refractivity contribution in [1.82, 2.24) is 0 Å². The van der Waals surface area contributed by atoms with Crippen molar-refractivity contribution >= 4 is 17.0 Å². The lowest BCUT2D eigenvalue weighted by Gasteiger charge is -2.10. The van der Waals surface area contributed by atoms with Gasteiger partial charge < -0.3 is 14.0 Å². The number of hydrogen-bond donors (Lipinski definition) is 0. The van der Waals surface area contributed by atoms with Crippen molar-refractivity contribution in [2.45, 2.75) is 4.90 Å². The maximum absolute atomic E-state index is 11.3. The molecular weight excluding hydrogens is 220 g/mol. The summed E-state index contributed by atoms with van der Waals surface area (Å²) in [4.78, 5) is 11.3. The molecule has 82 valence electrons. The standard InChI is InChI=1S/C9H10O5S/c1-13-8-4-3-6(15(11)12)5-7(8)9(10)14-2/h3-5H,1-2H3,(H,11,12)/p-1. The van der Waals surface area contributed by atoms with E-state index in [0.717, 1.165) is 0 Å². The first kappa shape index (κ1) is 11.7. The van der Waals surface area contributed by atoms with E-state index in [4.69, 9.17) is 4.74 Å². The first-order chi connectivity index (χ1) is 7.10. The monoisotopic (exact) mass is 229 g/mol. The maximum Gasteiger partial charge on any atom is 0.341 e. The summed E-state index contributed by atoms with van der Waals surface area (Å²) in [5, 5.41) is 0. The molecule has 1 unspecified atom stereocenters. The van der Waals surface area contributed by atoms with Crippen LogP contribution in [0.25, 0.3) is 0 Å². The molecule has 0 saturated heterocycles. The Morgan fingerprint density at radius 1 is 1.40 bits per heavy atom. The fourth-order valence-corrected chi connectivity index (χ4v) is 1.45. The highest BCUT2D eigenvalue weighted by atomic mass is 32.2. The summed E-state index contributed by atoms with van der Waals surface area (Å²) >= 11 is -2.38. The second-order valence-corrected chi connectivity index (χ2v) is 3.53. The highest BCUT2D eigenvalue weighted by Crippen LogP contribution is 2.21. The van der Waals surface area contributed by atoms with E-state index in [2.05, 4.69) is 4.74 Å². The average Bonchev–Trinajstić information content (AvgIpc) is 2.27. The molecule has 0 radical (unpaired) electrons. The molecule has 1 atom stereocenters. The second kappa shape index (κ2) is 4.90. The Bertz CT molecular complexity index is 401. The molecule has 5 nitrogen and oxygen atoms in total. The molecule has 15 heavy (non-hydrogen) atoms. The maximum atomic E-state index is 11.3. The number of carbonyl (C=O) groups excluding carboxylic acids is 1. The van der Waals surface area contributed by atoms with E-state index < -0.39 is 17.0 Å². The van der Waals surface area contributed by atoms with Gasteiger partial charge in [-0.3, -0.25) is 4.21 Å². The van der Waals surface area contributed by atoms with E-state index in [1.54, 1.807) is 0 Å². The van der Waals surface area contributed by atoms with Gasteiger partial charge in [-0.05, 0) is 29.3 Å². The van der Waals surface area contributed by atoms with Gasteiger partial charge in [0.2, 0.25) is 0 Å². The van der Waals surface area contributed by atoms with Gasteiger partial charge in [0.25, 0.3) is 0 Å². The molecule has 0 bridgehead atoms. The molecule has 0 heterocycles. The van der Waals surface area contributed by atoms with Crippen molar-refractivity contribution in [3.63, 3.8) is 0 Å². The van der Waals surface area contributed by atoms with E-state index in [1.165, 1.54) is 32.4 Å². The zero-order valence-corrected chi connectivity index (χ0v) is 9.00. The van der Waals surface area contributed by atoms with E-state index in [0.29, 0.717) is 0 Å². The van der Waals surface area contributed by atoms with Crippen LogP contribution in [0, 0.1) is 0 Å². The van der Waals surface area contributed by atoms with E-state index in [1.807, 2.05) is 0 Å². The van der Waals surface area contributed by atoms with Crippen LogP contribution in [0.2, 0.25) is 0 Å². The van der Waals surface area contributed by atoms with Gasteiger partial charge in [-0.1, -0.05) is 0 Å². The fraction of sp³-hybridized carbons (Fsp3) is 0.222. The number of benzene rings is 1. The Labute approximate surface area is 89.3 Å². The summed E-state index contributed by atoms with van der Waals surface area (Å²) in [6.07, 6.45) is 0. The Kier molecular flexibility index (Phi) is 3.81. The molecule has 0 aromatic heterocycles. The molecule has 0 amide bonds. The SMILES string of the molecule is COC(=O)c1cc(S(=O)[O-])ccc1OC. The number of carbonyl (C=O) groups is 1. The Hall–Kier alpha value is -1.40. The van der Waals surface area contributed by atoms with Crippen LogP contribution in [0.3, 0.4) is 0 Å². The van der Waals surface area contributed by atoms with Crippen molar-refractivity contribution in [1.29, 1.82) is 0 Å². The number of rotatable bonds is 3. The first-order valence-corrected chi connectivity index (χ1v) is 5.03. The third-order valence-electron chi connectivity index (χ3n) is 1.77. The van der Waals surface area contributed by atoms with E-state index in [9.17, 15) is 13.6 Å². The van der Waals surface area contributed by atoms with Gasteiger partial charge in [0.15, 0.2) is 0 Å². The summed E-state index contributed by atoms with van der Waals surface area (Å²) in [5.74, 6) is -0.366. The Balaban J connectivity index is 3.25. The van der Waals surface area contributed by atoms with Crippen LogP contribution in [0.4, 0.5) is 0 Å². The van der Waals surface area contributed by atoms with E-state index >= 15 is 0 Å². The quantitative estimate of drug-likeness (QED) is 0.564. The molecule has 0 spiro atoms. The fourth-order valence-electron chi connectivity index (χ4n) is 1.06. The van der Waals surface area contributed by atoms with Crippen molar-refractivity contribution < 1.29 is 23.0 Å². The Morgan fingerprint density at radius 2 is 2.07 bits per heavy atom. The molecule has 1 aromatic carbocycles. The second-order valence-electron chi connectivity index (χ2n) is 2.59. The van der Waals surface area contributed by atoms with Crippen molar-refractivity contribution in [2.24, 2.45) is 0 Å². The normalized spacial score (nSPS) is 11.9. The molecule has 0 aliphatic rings. The molecule has 1 rings (SSSR count). The highest BCUT2D eigenvalue weighted by molar-refractivity contribution is 7.79. The average molecular weight is 229 g/mol. The van der Waals surface area contributed by atoms with Crippen LogP contribution in [0.15, 0.2) is 23.1 Å². The van der Waals surface area contributed by atoms with Crippen LogP contribution in [0.5, 0.6) is 5.75 Å². The highest BCUT2D eigenvalue weighted by Gasteiger charge is 2.13. The lowest BCUT2D eigenvalue weighted by atomic mass is 10.2. The van der Waals surface area contributed by atoms with Crippen LogP contribution in [0.1, 0.15) is 10.4 Å². The number of methoxy groups -OCH3 is 2. The lowest BCUT2D eigenvalue weighted by molar-refractivity contribution is 0.0597. The zero-order valence-electron chi connectivity index (χ0n) is 8.18. The minimum Gasteiger partial charge on any atom is -0.768 e. The van der Waals surface area contributed by atoms with Gasteiger partial charge in [-0.2, -0.15) is 0 Å². The van der Waals surface area contributed by atoms with E-state index in [-0.39, 0.29) is 16.2 Å². The van der Waals surface area contributed by atoms with Crippen LogP contribution >= 0.6 is 0 Å². The summed E-state index contributed by atoms with van der Waals surface area (Å²) in [7, 11) is 2.60. The summed E-state index contributed by atoms with van der Waals surface area (Å²) in [6, 6.07) is 3.94. The number of esters is 1. The number of hydrogen-bond acceptors (Lipinski definition) is 5. The van der Waals surface area contributed by atoms with Crippen LogP contribution in [-0.4, -0.2) is 29.0 Å². The van der Waals surface area contributed by atoms with Gasteiger partial charge in [-0.15, -0.1) is 0 Å². The third kappa shape index (κ3) is 2.54. The molecule has 1 aromatic rings. The van der Waals surface area contributed by atoms with Crippen LogP contribution in [-0.2, 0) is 15.8 Å². The molecule has 0 aliphatic heterocycles. The number of ether oxygens (including phenoxy) is 2. The zero-order chi connectivity index (χ0) is 11.4. The molecule has 6 heteroatoms. The third-order valence-corrected chi connectivity index (χ3v) is 2.41. The van der Waals surface area contributed by atoms with Crippen molar-refractivity contribution in [3.05, 3.63) is 23.8 Å². The van der Waals surface area contributed by atoms with Gasteiger partial charge >= 0.3 is 5.97 Å². The molecule has 0 aliphatic carbocycles.